The summed E-state index contributed by atoms with van der Waals surface area (Å²) in [5, 5.41) is 4.66. The van der Waals surface area contributed by atoms with E-state index in [0.29, 0.717) is 29.6 Å². The van der Waals surface area contributed by atoms with Crippen LogP contribution in [0.4, 0.5) is 8.78 Å². The second-order valence-electron chi connectivity index (χ2n) is 11.5. The van der Waals surface area contributed by atoms with Crippen LogP contribution in [0.15, 0.2) is 48.9 Å². The van der Waals surface area contributed by atoms with Gasteiger partial charge in [0, 0.05) is 32.0 Å². The third-order valence-electron chi connectivity index (χ3n) is 8.79. The van der Waals surface area contributed by atoms with E-state index in [-0.39, 0.29) is 17.3 Å². The molecule has 0 spiro atoms. The van der Waals surface area contributed by atoms with E-state index in [1.54, 1.807) is 30.0 Å². The molecule has 6 nitrogen and oxygen atoms in total. The molecule has 1 aromatic carbocycles. The summed E-state index contributed by atoms with van der Waals surface area (Å²) in [6.45, 7) is 2.26. The Bertz CT molecular complexity index is 1460. The Morgan fingerprint density at radius 2 is 1.82 bits per heavy atom. The first-order chi connectivity index (χ1) is 18.9. The predicted molar refractivity (Wildman–Crippen MR) is 146 cm³/mol. The molecule has 2 fully saturated rings. The summed E-state index contributed by atoms with van der Waals surface area (Å²) in [7, 11) is 1.61. The van der Waals surface area contributed by atoms with E-state index in [2.05, 4.69) is 28.1 Å². The number of nitrogens with zero attached hydrogens (tertiary/aromatic N) is 4. The Kier molecular flexibility index (Phi) is 6.93. The molecular formula is C31H35F2N5O. The van der Waals surface area contributed by atoms with Crippen LogP contribution >= 0.6 is 0 Å². The molecule has 4 aromatic rings. The van der Waals surface area contributed by atoms with Gasteiger partial charge in [0.25, 0.3) is 0 Å². The molecule has 204 valence electrons. The Labute approximate surface area is 227 Å². The number of nitrogens with two attached hydrogens (primary N) is 1. The molecule has 8 heteroatoms. The molecule has 2 aliphatic carbocycles. The molecule has 0 saturated heterocycles. The zero-order chi connectivity index (χ0) is 27.1. The molecule has 0 radical (unpaired) electrons. The number of methoxy groups -OCH3 is 1. The molecule has 3 heterocycles. The quantitative estimate of drug-likeness (QED) is 0.316. The average Bonchev–Trinajstić information content (AvgIpc) is 3.56. The van der Waals surface area contributed by atoms with Gasteiger partial charge in [0.2, 0.25) is 0 Å². The van der Waals surface area contributed by atoms with Crippen molar-refractivity contribution >= 4 is 5.52 Å². The smallest absolute Gasteiger partial charge is 0.136 e. The first kappa shape index (κ1) is 26.0. The molecule has 0 amide bonds. The fraction of sp³-hybridized carbons (Fsp3) is 0.452. The van der Waals surface area contributed by atoms with Gasteiger partial charge in [-0.3, -0.25) is 4.98 Å². The lowest BCUT2D eigenvalue weighted by molar-refractivity contribution is -0.00914. The highest BCUT2D eigenvalue weighted by atomic mass is 19.1. The largest absolute Gasteiger partial charge is 0.374 e. The maximum Gasteiger partial charge on any atom is 0.136 e. The molecular weight excluding hydrogens is 496 g/mol. The van der Waals surface area contributed by atoms with Crippen LogP contribution in [0.5, 0.6) is 0 Å². The zero-order valence-electron chi connectivity index (χ0n) is 22.5. The molecule has 0 unspecified atom stereocenters. The van der Waals surface area contributed by atoms with E-state index in [1.807, 2.05) is 12.4 Å². The normalized spacial score (nSPS) is 22.9. The number of benzene rings is 1. The number of fused-ring (bicyclic) bond motifs is 1. The van der Waals surface area contributed by atoms with E-state index < -0.39 is 17.2 Å². The van der Waals surface area contributed by atoms with Gasteiger partial charge in [-0.1, -0.05) is 19.8 Å². The van der Waals surface area contributed by atoms with E-state index in [1.165, 1.54) is 17.7 Å². The molecule has 2 N–H and O–H groups in total. The van der Waals surface area contributed by atoms with Crippen molar-refractivity contribution in [2.45, 2.75) is 75.9 Å². The molecule has 2 aliphatic rings. The summed E-state index contributed by atoms with van der Waals surface area (Å²) in [6, 6.07) is 8.54. The number of hydrogen-bond acceptors (Lipinski definition) is 5. The van der Waals surface area contributed by atoms with Crippen LogP contribution in [0.25, 0.3) is 16.8 Å². The predicted octanol–water partition coefficient (Wildman–Crippen LogP) is 6.31. The molecule has 39 heavy (non-hydrogen) atoms. The minimum absolute atomic E-state index is 0.142. The lowest BCUT2D eigenvalue weighted by Crippen LogP contribution is -2.31. The van der Waals surface area contributed by atoms with Crippen LogP contribution in [0.2, 0.25) is 0 Å². The molecule has 3 aromatic heterocycles. The van der Waals surface area contributed by atoms with Crippen molar-refractivity contribution in [1.29, 1.82) is 0 Å². The maximum absolute atomic E-state index is 15.5. The fourth-order valence-electron chi connectivity index (χ4n) is 6.89. The van der Waals surface area contributed by atoms with Crippen molar-refractivity contribution in [3.63, 3.8) is 0 Å². The van der Waals surface area contributed by atoms with Gasteiger partial charge in [0.05, 0.1) is 28.6 Å². The monoisotopic (exact) mass is 531 g/mol. The Morgan fingerprint density at radius 3 is 2.54 bits per heavy atom. The maximum atomic E-state index is 15.5. The van der Waals surface area contributed by atoms with Gasteiger partial charge in [-0.15, -0.1) is 0 Å². The first-order valence-corrected chi connectivity index (χ1v) is 13.9. The van der Waals surface area contributed by atoms with Gasteiger partial charge in [0.15, 0.2) is 0 Å². The van der Waals surface area contributed by atoms with Crippen LogP contribution < -0.4 is 5.73 Å². The topological polar surface area (TPSA) is 78.3 Å². The Morgan fingerprint density at radius 1 is 1.05 bits per heavy atom. The van der Waals surface area contributed by atoms with Gasteiger partial charge in [-0.2, -0.15) is 5.10 Å². The third-order valence-corrected chi connectivity index (χ3v) is 8.79. The summed E-state index contributed by atoms with van der Waals surface area (Å²) in [6.07, 6.45) is 12.5. The van der Waals surface area contributed by atoms with Crippen LogP contribution in [-0.2, 0) is 16.8 Å². The van der Waals surface area contributed by atoms with E-state index in [0.717, 1.165) is 56.0 Å². The second kappa shape index (κ2) is 10.4. The van der Waals surface area contributed by atoms with Gasteiger partial charge in [-0.25, -0.2) is 18.3 Å². The van der Waals surface area contributed by atoms with Crippen LogP contribution in [-0.4, -0.2) is 32.7 Å². The summed E-state index contributed by atoms with van der Waals surface area (Å²) >= 11 is 0. The van der Waals surface area contributed by atoms with Crippen molar-refractivity contribution in [2.75, 3.05) is 7.11 Å². The average molecular weight is 532 g/mol. The van der Waals surface area contributed by atoms with Gasteiger partial charge < -0.3 is 10.5 Å². The van der Waals surface area contributed by atoms with Gasteiger partial charge >= 0.3 is 0 Å². The Balaban J connectivity index is 1.34. The summed E-state index contributed by atoms with van der Waals surface area (Å²) < 4.78 is 38.4. The summed E-state index contributed by atoms with van der Waals surface area (Å²) in [5.74, 6) is 0.350. The van der Waals surface area contributed by atoms with Crippen molar-refractivity contribution in [1.82, 2.24) is 19.6 Å². The first-order valence-electron chi connectivity index (χ1n) is 13.9. The lowest BCUT2D eigenvalue weighted by Gasteiger charge is -2.32. The van der Waals surface area contributed by atoms with Crippen LogP contribution in [0, 0.1) is 17.6 Å². The Hall–Kier alpha value is -3.23. The van der Waals surface area contributed by atoms with Crippen molar-refractivity contribution in [2.24, 2.45) is 11.7 Å². The molecule has 0 bridgehead atoms. The minimum Gasteiger partial charge on any atom is -0.374 e. The number of imidazole rings is 1. The number of rotatable bonds is 6. The van der Waals surface area contributed by atoms with Gasteiger partial charge in [0.1, 0.15) is 17.5 Å². The highest BCUT2D eigenvalue weighted by Crippen LogP contribution is 2.43. The van der Waals surface area contributed by atoms with Crippen molar-refractivity contribution in [3.05, 3.63) is 83.1 Å². The number of halogens is 2. The number of aromatic nitrogens is 4. The van der Waals surface area contributed by atoms with Crippen LogP contribution in [0.1, 0.15) is 80.3 Å². The molecule has 6 rings (SSSR count). The van der Waals surface area contributed by atoms with Crippen molar-refractivity contribution < 1.29 is 13.5 Å². The van der Waals surface area contributed by atoms with Crippen molar-refractivity contribution in [3.8, 4) is 11.3 Å². The highest BCUT2D eigenvalue weighted by molar-refractivity contribution is 5.63. The highest BCUT2D eigenvalue weighted by Gasteiger charge is 2.37. The lowest BCUT2D eigenvalue weighted by atomic mass is 9.75. The molecule has 2 saturated carbocycles. The molecule has 0 aliphatic heterocycles. The van der Waals surface area contributed by atoms with Gasteiger partial charge in [-0.05, 0) is 91.0 Å². The molecule has 3 atom stereocenters. The number of hydrogen-bond donors (Lipinski definition) is 1. The van der Waals surface area contributed by atoms with Crippen LogP contribution in [0.3, 0.4) is 0 Å². The number of pyridine rings is 1. The zero-order valence-corrected chi connectivity index (χ0v) is 22.5. The summed E-state index contributed by atoms with van der Waals surface area (Å²) in [4.78, 5) is 9.00. The van der Waals surface area contributed by atoms with E-state index in [4.69, 9.17) is 10.5 Å². The number of ether oxygens (including phenoxy) is 1. The SMILES string of the molecule is COC1(c2cc(F)c(-c3ccc4cnc(Cc5cnccc5[C@@H]5C[C@H](C)C[C@H](N)C5)n4n3)c(F)c2)CCCC1. The van der Waals surface area contributed by atoms with E-state index >= 15 is 8.78 Å². The minimum atomic E-state index is -0.640. The standard InChI is InChI=1S/C31H35F2N5O/c1-19-11-20(13-23(34)12-19)25-7-10-35-17-21(25)14-29-36-18-24-5-6-28(37-38(24)29)30-26(32)15-22(16-27(30)33)31(39-2)8-3-4-9-31/h5-7,10,15-20,23H,3-4,8-9,11-14,34H2,1-2H3/t19-,20+,23-/m0/s1. The third kappa shape index (κ3) is 4.85. The second-order valence-corrected chi connectivity index (χ2v) is 11.5. The fourth-order valence-corrected chi connectivity index (χ4v) is 6.89. The van der Waals surface area contributed by atoms with E-state index in [9.17, 15) is 0 Å². The summed E-state index contributed by atoms with van der Waals surface area (Å²) in [5.41, 5.74) is 9.43.